The molecule has 0 fully saturated rings. The van der Waals surface area contributed by atoms with Gasteiger partial charge in [-0.05, 0) is 47.0 Å². The van der Waals surface area contributed by atoms with Crippen molar-refractivity contribution in [3.63, 3.8) is 0 Å². The molecule has 1 heterocycles. The standard InChI is InChI=1S/C17H23NO3S2/c1-12-9-10-22-16(12)15(19)11-18-23(20,21)14-7-5-13(6-8-14)17(2,3)4/h5-10,15,18-19H,11H2,1-4H3. The molecule has 126 valence electrons. The zero-order valence-electron chi connectivity index (χ0n) is 13.8. The van der Waals surface area contributed by atoms with E-state index in [2.05, 4.69) is 25.5 Å². The van der Waals surface area contributed by atoms with E-state index >= 15 is 0 Å². The molecular weight excluding hydrogens is 330 g/mol. The van der Waals surface area contributed by atoms with Crippen LogP contribution in [0.3, 0.4) is 0 Å². The number of benzene rings is 1. The number of thiophene rings is 1. The van der Waals surface area contributed by atoms with E-state index in [1.807, 2.05) is 30.5 Å². The van der Waals surface area contributed by atoms with Gasteiger partial charge in [0.25, 0.3) is 0 Å². The Morgan fingerprint density at radius 3 is 2.26 bits per heavy atom. The molecule has 1 aromatic heterocycles. The summed E-state index contributed by atoms with van der Waals surface area (Å²) in [6.07, 6.45) is -0.835. The molecule has 0 amide bonds. The molecule has 0 radical (unpaired) electrons. The van der Waals surface area contributed by atoms with Crippen LogP contribution >= 0.6 is 11.3 Å². The summed E-state index contributed by atoms with van der Waals surface area (Å²) in [5.41, 5.74) is 2.02. The molecule has 0 spiro atoms. The molecule has 6 heteroatoms. The van der Waals surface area contributed by atoms with E-state index in [-0.39, 0.29) is 16.9 Å². The van der Waals surface area contributed by atoms with Crippen LogP contribution in [0.4, 0.5) is 0 Å². The fourth-order valence-electron chi connectivity index (χ4n) is 2.22. The monoisotopic (exact) mass is 353 g/mol. The molecule has 0 aliphatic rings. The minimum absolute atomic E-state index is 0.0252. The molecule has 0 bridgehead atoms. The van der Waals surface area contributed by atoms with Gasteiger partial charge in [0.2, 0.25) is 10.0 Å². The first-order valence-electron chi connectivity index (χ1n) is 7.43. The van der Waals surface area contributed by atoms with Crippen LogP contribution in [-0.2, 0) is 15.4 Å². The summed E-state index contributed by atoms with van der Waals surface area (Å²) in [4.78, 5) is 0.997. The van der Waals surface area contributed by atoms with Crippen molar-refractivity contribution >= 4 is 21.4 Å². The molecular formula is C17H23NO3S2. The maximum atomic E-state index is 12.3. The van der Waals surface area contributed by atoms with Gasteiger partial charge in [-0.3, -0.25) is 0 Å². The highest BCUT2D eigenvalue weighted by atomic mass is 32.2. The number of aliphatic hydroxyl groups is 1. The Labute approximate surface area is 142 Å². The maximum Gasteiger partial charge on any atom is 0.240 e. The lowest BCUT2D eigenvalue weighted by atomic mass is 9.87. The van der Waals surface area contributed by atoms with Gasteiger partial charge in [0.1, 0.15) is 6.10 Å². The number of aliphatic hydroxyl groups excluding tert-OH is 1. The first-order valence-corrected chi connectivity index (χ1v) is 9.80. The summed E-state index contributed by atoms with van der Waals surface area (Å²) in [7, 11) is -3.63. The van der Waals surface area contributed by atoms with Crippen LogP contribution in [0.2, 0.25) is 0 Å². The van der Waals surface area contributed by atoms with Crippen molar-refractivity contribution in [2.45, 2.75) is 44.1 Å². The Bertz CT molecular complexity index is 756. The van der Waals surface area contributed by atoms with Gasteiger partial charge in [0.05, 0.1) is 4.90 Å². The topological polar surface area (TPSA) is 66.4 Å². The highest BCUT2D eigenvalue weighted by Crippen LogP contribution is 2.25. The van der Waals surface area contributed by atoms with E-state index < -0.39 is 16.1 Å². The van der Waals surface area contributed by atoms with Crippen LogP contribution in [-0.4, -0.2) is 20.1 Å². The van der Waals surface area contributed by atoms with E-state index in [1.165, 1.54) is 11.3 Å². The molecule has 0 saturated heterocycles. The van der Waals surface area contributed by atoms with Crippen LogP contribution in [0.25, 0.3) is 0 Å². The van der Waals surface area contributed by atoms with Crippen LogP contribution in [0.1, 0.15) is 42.9 Å². The summed E-state index contributed by atoms with van der Waals surface area (Å²) < 4.78 is 27.1. The molecule has 4 nitrogen and oxygen atoms in total. The van der Waals surface area contributed by atoms with Gasteiger partial charge in [0.15, 0.2) is 0 Å². The average molecular weight is 354 g/mol. The third-order valence-corrected chi connectivity index (χ3v) is 6.26. The minimum Gasteiger partial charge on any atom is -0.386 e. The van der Waals surface area contributed by atoms with Crippen LogP contribution in [0.15, 0.2) is 40.6 Å². The fourth-order valence-corrected chi connectivity index (χ4v) is 4.18. The first-order chi connectivity index (χ1) is 10.6. The van der Waals surface area contributed by atoms with Gasteiger partial charge in [-0.25, -0.2) is 13.1 Å². The second-order valence-corrected chi connectivity index (χ2v) is 9.32. The molecule has 0 aliphatic heterocycles. The van der Waals surface area contributed by atoms with Crippen LogP contribution < -0.4 is 4.72 Å². The largest absolute Gasteiger partial charge is 0.386 e. The third kappa shape index (κ3) is 4.41. The molecule has 0 saturated carbocycles. The Balaban J connectivity index is 2.09. The fraction of sp³-hybridized carbons (Fsp3) is 0.412. The second kappa shape index (κ2) is 6.73. The Kier molecular flexibility index (Phi) is 5.30. The number of nitrogens with one attached hydrogen (secondary N) is 1. The van der Waals surface area contributed by atoms with E-state index in [4.69, 9.17) is 0 Å². The molecule has 2 aromatic rings. The molecule has 1 aromatic carbocycles. The van der Waals surface area contributed by atoms with Gasteiger partial charge in [-0.2, -0.15) is 0 Å². The van der Waals surface area contributed by atoms with E-state index in [1.54, 1.807) is 12.1 Å². The SMILES string of the molecule is Cc1ccsc1C(O)CNS(=O)(=O)c1ccc(C(C)(C)C)cc1. The summed E-state index contributed by atoms with van der Waals surface area (Å²) in [6, 6.07) is 8.77. The van der Waals surface area contributed by atoms with Gasteiger partial charge in [-0.15, -0.1) is 11.3 Å². The van der Waals surface area contributed by atoms with Crippen molar-refractivity contribution in [2.75, 3.05) is 6.54 Å². The molecule has 1 atom stereocenters. The van der Waals surface area contributed by atoms with Crippen LogP contribution in [0, 0.1) is 6.92 Å². The normalized spacial score (nSPS) is 14.0. The molecule has 1 unspecified atom stereocenters. The first kappa shape index (κ1) is 18.1. The van der Waals surface area contributed by atoms with E-state index in [0.717, 1.165) is 16.0 Å². The average Bonchev–Trinajstić information content (AvgIpc) is 2.90. The lowest BCUT2D eigenvalue weighted by Crippen LogP contribution is -2.28. The lowest BCUT2D eigenvalue weighted by molar-refractivity contribution is 0.185. The quantitative estimate of drug-likeness (QED) is 0.866. The number of rotatable bonds is 5. The highest BCUT2D eigenvalue weighted by Gasteiger charge is 2.20. The van der Waals surface area contributed by atoms with Gasteiger partial charge < -0.3 is 5.11 Å². The van der Waals surface area contributed by atoms with Gasteiger partial charge in [-0.1, -0.05) is 32.9 Å². The van der Waals surface area contributed by atoms with E-state index in [0.29, 0.717) is 0 Å². The Morgan fingerprint density at radius 1 is 1.17 bits per heavy atom. The summed E-state index contributed by atoms with van der Waals surface area (Å²) >= 11 is 1.42. The number of hydrogen-bond donors (Lipinski definition) is 2. The summed E-state index contributed by atoms with van der Waals surface area (Å²) in [5.74, 6) is 0. The zero-order chi connectivity index (χ0) is 17.3. The van der Waals surface area contributed by atoms with Crippen LogP contribution in [0.5, 0.6) is 0 Å². The number of sulfonamides is 1. The third-order valence-electron chi connectivity index (χ3n) is 3.70. The molecule has 2 N–H and O–H groups in total. The highest BCUT2D eigenvalue weighted by molar-refractivity contribution is 7.89. The van der Waals surface area contributed by atoms with Crippen molar-refractivity contribution in [1.82, 2.24) is 4.72 Å². The number of hydrogen-bond acceptors (Lipinski definition) is 4. The summed E-state index contributed by atoms with van der Waals surface area (Å²) in [6.45, 7) is 8.09. The summed E-state index contributed by atoms with van der Waals surface area (Å²) in [5, 5.41) is 12.0. The van der Waals surface area contributed by atoms with Crippen molar-refractivity contribution < 1.29 is 13.5 Å². The molecule has 0 aliphatic carbocycles. The zero-order valence-corrected chi connectivity index (χ0v) is 15.5. The van der Waals surface area contributed by atoms with Crippen molar-refractivity contribution in [3.05, 3.63) is 51.7 Å². The van der Waals surface area contributed by atoms with Crippen molar-refractivity contribution in [2.24, 2.45) is 0 Å². The predicted octanol–water partition coefficient (Wildman–Crippen LogP) is 3.37. The minimum atomic E-state index is -3.63. The molecule has 2 rings (SSSR count). The van der Waals surface area contributed by atoms with Crippen molar-refractivity contribution in [1.29, 1.82) is 0 Å². The smallest absolute Gasteiger partial charge is 0.240 e. The Hall–Kier alpha value is -1.21. The number of aryl methyl sites for hydroxylation is 1. The predicted molar refractivity (Wildman–Crippen MR) is 94.3 cm³/mol. The van der Waals surface area contributed by atoms with Crippen molar-refractivity contribution in [3.8, 4) is 0 Å². The van der Waals surface area contributed by atoms with Gasteiger partial charge >= 0.3 is 0 Å². The molecule has 23 heavy (non-hydrogen) atoms. The van der Waals surface area contributed by atoms with E-state index in [9.17, 15) is 13.5 Å². The Morgan fingerprint density at radius 2 is 1.78 bits per heavy atom. The lowest BCUT2D eigenvalue weighted by Gasteiger charge is -2.19. The van der Waals surface area contributed by atoms with Gasteiger partial charge in [0, 0.05) is 11.4 Å². The second-order valence-electron chi connectivity index (χ2n) is 6.61. The maximum absolute atomic E-state index is 12.3.